The van der Waals surface area contributed by atoms with Crippen molar-refractivity contribution >= 4 is 17.1 Å². The van der Waals surface area contributed by atoms with Gasteiger partial charge in [-0.05, 0) is 43.9 Å². The zero-order chi connectivity index (χ0) is 20.7. The van der Waals surface area contributed by atoms with E-state index in [4.69, 9.17) is 4.98 Å². The molecule has 2 atom stereocenters. The van der Waals surface area contributed by atoms with Crippen molar-refractivity contribution in [1.82, 2.24) is 24.8 Å². The monoisotopic (exact) mass is 409 g/mol. The van der Waals surface area contributed by atoms with Crippen LogP contribution in [-0.2, 0) is 11.3 Å². The van der Waals surface area contributed by atoms with Gasteiger partial charge < -0.3 is 9.88 Å². The zero-order valence-electron chi connectivity index (χ0n) is 18.4. The second kappa shape index (κ2) is 8.29. The number of H-pyrrole nitrogens is 1. The number of hydrogen-bond donors (Lipinski definition) is 1. The number of carbonyl (C=O) groups is 1. The van der Waals surface area contributed by atoms with Crippen molar-refractivity contribution in [2.75, 3.05) is 26.2 Å². The molecule has 0 aromatic carbocycles. The maximum absolute atomic E-state index is 12.6. The van der Waals surface area contributed by atoms with Gasteiger partial charge in [0.05, 0.1) is 0 Å². The lowest BCUT2D eigenvalue weighted by molar-refractivity contribution is -0.139. The lowest BCUT2D eigenvalue weighted by Crippen LogP contribution is -2.43. The second-order valence-corrected chi connectivity index (χ2v) is 10.1. The molecule has 4 heterocycles. The number of carbonyl (C=O) groups excluding carboxylic acids is 1. The summed E-state index contributed by atoms with van der Waals surface area (Å²) < 4.78 is 0. The lowest BCUT2D eigenvalue weighted by Gasteiger charge is -2.37. The first-order valence-corrected chi connectivity index (χ1v) is 11.9. The highest BCUT2D eigenvalue weighted by Gasteiger charge is 2.33. The Labute approximate surface area is 179 Å². The Morgan fingerprint density at radius 1 is 1.07 bits per heavy atom. The van der Waals surface area contributed by atoms with Gasteiger partial charge >= 0.3 is 0 Å². The lowest BCUT2D eigenvalue weighted by atomic mass is 9.83. The largest absolute Gasteiger partial charge is 0.342 e. The van der Waals surface area contributed by atoms with E-state index < -0.39 is 0 Å². The Kier molecular flexibility index (Phi) is 5.52. The van der Waals surface area contributed by atoms with Crippen LogP contribution >= 0.6 is 0 Å². The molecule has 0 radical (unpaired) electrons. The molecule has 5 rings (SSSR count). The van der Waals surface area contributed by atoms with Gasteiger partial charge in [0.1, 0.15) is 5.52 Å². The molecule has 6 nitrogen and oxygen atoms in total. The number of nitrogens with zero attached hydrogens (tertiary/aromatic N) is 4. The minimum absolute atomic E-state index is 0.307. The van der Waals surface area contributed by atoms with Gasteiger partial charge in [0, 0.05) is 68.2 Å². The third kappa shape index (κ3) is 3.86. The summed E-state index contributed by atoms with van der Waals surface area (Å²) in [6.07, 6.45) is 10.4. The summed E-state index contributed by atoms with van der Waals surface area (Å²) in [5.41, 5.74) is 4.60. The summed E-state index contributed by atoms with van der Waals surface area (Å²) in [5, 5.41) is 0. The Hall–Kier alpha value is -1.95. The molecule has 0 unspecified atom stereocenters. The van der Waals surface area contributed by atoms with Crippen LogP contribution in [0.15, 0.2) is 12.4 Å². The summed E-state index contributed by atoms with van der Waals surface area (Å²) in [6.45, 7) is 9.77. The quantitative estimate of drug-likeness (QED) is 0.831. The number of aromatic amines is 1. The zero-order valence-corrected chi connectivity index (χ0v) is 18.4. The first-order valence-electron chi connectivity index (χ1n) is 11.9. The van der Waals surface area contributed by atoms with Gasteiger partial charge in [0.25, 0.3) is 0 Å². The van der Waals surface area contributed by atoms with Crippen LogP contribution in [0.2, 0.25) is 0 Å². The SMILES string of the molecule is C[C@H]1C[C@H](C)CN(Cc2c(C3CCN(C(=O)C4CCC4)CC3)[nH]c3nccnc23)C1. The molecule has 1 aliphatic carbocycles. The highest BCUT2D eigenvalue weighted by Crippen LogP contribution is 2.36. The Morgan fingerprint density at radius 3 is 2.43 bits per heavy atom. The molecule has 3 fully saturated rings. The summed E-state index contributed by atoms with van der Waals surface area (Å²) in [4.78, 5) is 30.3. The molecule has 0 bridgehead atoms. The summed E-state index contributed by atoms with van der Waals surface area (Å²) in [6, 6.07) is 0. The average Bonchev–Trinajstić information content (AvgIpc) is 3.04. The van der Waals surface area contributed by atoms with Crippen molar-refractivity contribution < 1.29 is 4.79 Å². The van der Waals surface area contributed by atoms with Gasteiger partial charge in [-0.25, -0.2) is 4.98 Å². The van der Waals surface area contributed by atoms with Crippen LogP contribution in [0.3, 0.4) is 0 Å². The number of hydrogen-bond acceptors (Lipinski definition) is 4. The third-order valence-corrected chi connectivity index (χ3v) is 7.56. The van der Waals surface area contributed by atoms with Crippen molar-refractivity contribution in [3.63, 3.8) is 0 Å². The van der Waals surface area contributed by atoms with Crippen LogP contribution in [0.4, 0.5) is 0 Å². The van der Waals surface area contributed by atoms with Gasteiger partial charge in [-0.15, -0.1) is 0 Å². The van der Waals surface area contributed by atoms with Crippen molar-refractivity contribution in [1.29, 1.82) is 0 Å². The fraction of sp³-hybridized carbons (Fsp3) is 0.708. The number of fused-ring (bicyclic) bond motifs is 1. The smallest absolute Gasteiger partial charge is 0.225 e. The van der Waals surface area contributed by atoms with Gasteiger partial charge in [-0.3, -0.25) is 14.7 Å². The topological polar surface area (TPSA) is 65.1 Å². The minimum atomic E-state index is 0.307. The molecule has 0 spiro atoms. The van der Waals surface area contributed by atoms with E-state index in [0.717, 1.165) is 81.4 Å². The predicted octanol–water partition coefficient (Wildman–Crippen LogP) is 3.94. The van der Waals surface area contributed by atoms with E-state index in [1.54, 1.807) is 6.20 Å². The maximum atomic E-state index is 12.6. The van der Waals surface area contributed by atoms with E-state index >= 15 is 0 Å². The number of piperidine rings is 2. The summed E-state index contributed by atoms with van der Waals surface area (Å²) >= 11 is 0. The van der Waals surface area contributed by atoms with Crippen LogP contribution < -0.4 is 0 Å². The van der Waals surface area contributed by atoms with E-state index in [1.165, 1.54) is 24.1 Å². The molecule has 1 amide bonds. The van der Waals surface area contributed by atoms with Crippen molar-refractivity contribution in [3.8, 4) is 0 Å². The van der Waals surface area contributed by atoms with Crippen LogP contribution in [0.25, 0.3) is 11.2 Å². The third-order valence-electron chi connectivity index (χ3n) is 7.56. The predicted molar refractivity (Wildman–Crippen MR) is 118 cm³/mol. The van der Waals surface area contributed by atoms with Crippen LogP contribution in [-0.4, -0.2) is 56.8 Å². The molecule has 2 aliphatic heterocycles. The first-order chi connectivity index (χ1) is 14.6. The van der Waals surface area contributed by atoms with Crippen molar-refractivity contribution in [3.05, 3.63) is 23.7 Å². The molecule has 1 N–H and O–H groups in total. The van der Waals surface area contributed by atoms with Gasteiger partial charge in [0.2, 0.25) is 5.91 Å². The molecular weight excluding hydrogens is 374 g/mol. The van der Waals surface area contributed by atoms with Crippen molar-refractivity contribution in [2.24, 2.45) is 17.8 Å². The number of rotatable bonds is 4. The van der Waals surface area contributed by atoms with Crippen LogP contribution in [0.5, 0.6) is 0 Å². The highest BCUT2D eigenvalue weighted by atomic mass is 16.2. The van der Waals surface area contributed by atoms with E-state index in [1.807, 2.05) is 6.20 Å². The number of nitrogens with one attached hydrogen (secondary N) is 1. The number of amides is 1. The maximum Gasteiger partial charge on any atom is 0.225 e. The minimum Gasteiger partial charge on any atom is -0.342 e. The standard InChI is InChI=1S/C24H35N5O/c1-16-12-17(2)14-28(13-16)15-20-21(27-23-22(20)25-8-9-26-23)18-6-10-29(11-7-18)24(30)19-4-3-5-19/h8-9,16-19H,3-7,10-15H2,1-2H3,(H,26,27)/t16-,17-/m0/s1. The Bertz CT molecular complexity index is 886. The second-order valence-electron chi connectivity index (χ2n) is 10.1. The first kappa shape index (κ1) is 20.0. The Morgan fingerprint density at radius 2 is 1.77 bits per heavy atom. The molecule has 3 aliphatic rings. The van der Waals surface area contributed by atoms with Crippen LogP contribution in [0, 0.1) is 17.8 Å². The average molecular weight is 410 g/mol. The fourth-order valence-corrected chi connectivity index (χ4v) is 5.94. The number of aromatic nitrogens is 3. The Balaban J connectivity index is 1.35. The van der Waals surface area contributed by atoms with E-state index in [0.29, 0.717) is 17.7 Å². The summed E-state index contributed by atoms with van der Waals surface area (Å²) in [7, 11) is 0. The van der Waals surface area contributed by atoms with Gasteiger partial charge in [-0.2, -0.15) is 0 Å². The normalized spacial score (nSPS) is 26.8. The molecule has 6 heteroatoms. The van der Waals surface area contributed by atoms with E-state index in [2.05, 4.69) is 33.6 Å². The highest BCUT2D eigenvalue weighted by molar-refractivity contribution is 5.80. The molecule has 30 heavy (non-hydrogen) atoms. The van der Waals surface area contributed by atoms with E-state index in [9.17, 15) is 4.79 Å². The van der Waals surface area contributed by atoms with Crippen molar-refractivity contribution in [2.45, 2.75) is 64.8 Å². The summed E-state index contributed by atoms with van der Waals surface area (Å²) in [5.74, 6) is 2.66. The molecule has 2 aromatic heterocycles. The molecule has 2 aromatic rings. The van der Waals surface area contributed by atoms with Crippen LogP contribution in [0.1, 0.15) is 69.5 Å². The van der Waals surface area contributed by atoms with Gasteiger partial charge in [0.15, 0.2) is 5.65 Å². The fourth-order valence-electron chi connectivity index (χ4n) is 5.94. The van der Waals surface area contributed by atoms with Gasteiger partial charge in [-0.1, -0.05) is 20.3 Å². The molecule has 1 saturated carbocycles. The molecular formula is C24H35N5O. The number of likely N-dealkylation sites (tertiary alicyclic amines) is 2. The molecule has 162 valence electrons. The molecule has 2 saturated heterocycles. The van der Waals surface area contributed by atoms with E-state index in [-0.39, 0.29) is 0 Å².